The van der Waals surface area contributed by atoms with Crippen molar-refractivity contribution in [2.45, 2.75) is 82.0 Å². The van der Waals surface area contributed by atoms with E-state index in [2.05, 4.69) is 50.7 Å². The fraction of sp³-hybridized carbons (Fsp3) is 0.600. The molecule has 0 bridgehead atoms. The number of benzene rings is 1. The number of fused-ring (bicyclic) bond motifs is 3. The molecule has 2 aromatic rings. The molecule has 3 nitrogen and oxygen atoms in total. The molecule has 0 unspecified atom stereocenters. The predicted octanol–water partition coefficient (Wildman–Crippen LogP) is 5.90. The van der Waals surface area contributed by atoms with Crippen molar-refractivity contribution in [1.29, 1.82) is 0 Å². The molecule has 29 heavy (non-hydrogen) atoms. The summed E-state index contributed by atoms with van der Waals surface area (Å²) in [6.07, 6.45) is 10.4. The van der Waals surface area contributed by atoms with Gasteiger partial charge in [0.25, 0.3) is 0 Å². The van der Waals surface area contributed by atoms with Crippen molar-refractivity contribution in [3.05, 3.63) is 41.3 Å². The van der Waals surface area contributed by atoms with Crippen molar-refractivity contribution in [3.63, 3.8) is 0 Å². The quantitative estimate of drug-likeness (QED) is 0.574. The van der Waals surface area contributed by atoms with E-state index in [1.165, 1.54) is 39.8 Å². The Bertz CT molecular complexity index is 863. The van der Waals surface area contributed by atoms with Crippen LogP contribution in [0.5, 0.6) is 5.75 Å². The Hall–Kier alpha value is -1.36. The number of hydrogen-bond acceptors (Lipinski definition) is 4. The highest BCUT2D eigenvalue weighted by Crippen LogP contribution is 2.49. The maximum atomic E-state index is 10.2. The largest absolute Gasteiger partial charge is 0.490 e. The third kappa shape index (κ3) is 3.87. The van der Waals surface area contributed by atoms with Crippen LogP contribution in [0.4, 0.5) is 0 Å². The number of hydrogen-bond donors (Lipinski definition) is 1. The molecular formula is C25H35NO2S. The maximum absolute atomic E-state index is 10.2. The topological polar surface area (TPSA) is 32.7 Å². The van der Waals surface area contributed by atoms with Gasteiger partial charge in [0, 0.05) is 20.5 Å². The zero-order valence-corrected chi connectivity index (χ0v) is 18.9. The summed E-state index contributed by atoms with van der Waals surface area (Å²) >= 11 is 1.91. The SMILES string of the molecule is C=C[C@H](O)C[C@H]1CCc2sc3cccc(OC4CCC(CC)(N(C)C)CC4)c3c21. The fourth-order valence-electron chi connectivity index (χ4n) is 5.52. The predicted molar refractivity (Wildman–Crippen MR) is 123 cm³/mol. The maximum Gasteiger partial charge on any atom is 0.128 e. The van der Waals surface area contributed by atoms with Gasteiger partial charge in [0.15, 0.2) is 0 Å². The molecule has 1 aromatic carbocycles. The Balaban J connectivity index is 1.57. The first kappa shape index (κ1) is 20.9. The van der Waals surface area contributed by atoms with Gasteiger partial charge in [-0.2, -0.15) is 0 Å². The molecule has 158 valence electrons. The second-order valence-electron chi connectivity index (χ2n) is 9.13. The van der Waals surface area contributed by atoms with Crippen LogP contribution in [0.1, 0.15) is 68.2 Å². The summed E-state index contributed by atoms with van der Waals surface area (Å²) in [6.45, 7) is 6.07. The molecule has 2 aliphatic carbocycles. The number of nitrogens with zero attached hydrogens (tertiary/aromatic N) is 1. The minimum Gasteiger partial charge on any atom is -0.490 e. The number of thiophene rings is 1. The van der Waals surface area contributed by atoms with E-state index in [-0.39, 0.29) is 0 Å². The molecule has 1 aromatic heterocycles. The summed E-state index contributed by atoms with van der Waals surface area (Å²) in [5, 5.41) is 11.5. The van der Waals surface area contributed by atoms with Crippen LogP contribution in [0, 0.1) is 0 Å². The van der Waals surface area contributed by atoms with Crippen LogP contribution in [0.15, 0.2) is 30.9 Å². The van der Waals surface area contributed by atoms with Gasteiger partial charge in [0.05, 0.1) is 12.2 Å². The third-order valence-corrected chi connectivity index (χ3v) is 8.71. The smallest absolute Gasteiger partial charge is 0.128 e. The van der Waals surface area contributed by atoms with Crippen molar-refractivity contribution in [1.82, 2.24) is 4.90 Å². The number of rotatable bonds is 7. The Morgan fingerprint density at radius 3 is 2.72 bits per heavy atom. The molecule has 0 saturated heterocycles. The van der Waals surface area contributed by atoms with Crippen LogP contribution >= 0.6 is 11.3 Å². The first-order valence-corrected chi connectivity index (χ1v) is 12.0. The second-order valence-corrected chi connectivity index (χ2v) is 10.3. The molecule has 0 aliphatic heterocycles. The molecule has 2 atom stereocenters. The van der Waals surface area contributed by atoms with E-state index in [1.54, 1.807) is 6.08 Å². The highest BCUT2D eigenvalue weighted by atomic mass is 32.1. The molecule has 0 spiro atoms. The molecule has 1 fully saturated rings. The summed E-state index contributed by atoms with van der Waals surface area (Å²) in [5.74, 6) is 1.46. The number of ether oxygens (including phenoxy) is 1. The number of aliphatic hydroxyl groups excluding tert-OH is 1. The standard InChI is InChI=1S/C25H35NO2S/c1-5-18(27)16-17-10-11-22-23(17)24-20(8-7-9-21(24)29-22)28-19-12-14-25(6-2,15-13-19)26(3)4/h5,7-9,17-19,27H,1,6,10-16H2,2-4H3/t17-,18+,19?,25?/m1/s1. The van der Waals surface area contributed by atoms with Crippen molar-refractivity contribution in [2.24, 2.45) is 0 Å². The highest BCUT2D eigenvalue weighted by molar-refractivity contribution is 7.19. The van der Waals surface area contributed by atoms with Gasteiger partial charge in [-0.3, -0.25) is 0 Å². The monoisotopic (exact) mass is 413 g/mol. The van der Waals surface area contributed by atoms with Crippen molar-refractivity contribution in [2.75, 3.05) is 14.1 Å². The lowest BCUT2D eigenvalue weighted by Crippen LogP contribution is -2.48. The molecular weight excluding hydrogens is 378 g/mol. The first-order chi connectivity index (χ1) is 14.0. The van der Waals surface area contributed by atoms with Crippen LogP contribution in [-0.4, -0.2) is 41.8 Å². The second kappa shape index (κ2) is 8.41. The van der Waals surface area contributed by atoms with Gasteiger partial charge < -0.3 is 14.7 Å². The van der Waals surface area contributed by atoms with Gasteiger partial charge >= 0.3 is 0 Å². The molecule has 4 heteroatoms. The number of aryl methyl sites for hydroxylation is 1. The van der Waals surface area contributed by atoms with Crippen LogP contribution in [0.25, 0.3) is 10.1 Å². The lowest BCUT2D eigenvalue weighted by molar-refractivity contribution is 0.0419. The van der Waals surface area contributed by atoms with E-state index in [0.29, 0.717) is 17.6 Å². The summed E-state index contributed by atoms with van der Waals surface area (Å²) in [5.41, 5.74) is 1.77. The van der Waals surface area contributed by atoms with Crippen LogP contribution in [-0.2, 0) is 6.42 Å². The van der Waals surface area contributed by atoms with Crippen LogP contribution < -0.4 is 4.74 Å². The van der Waals surface area contributed by atoms with Crippen molar-refractivity contribution in [3.8, 4) is 5.75 Å². The zero-order valence-electron chi connectivity index (χ0n) is 18.1. The van der Waals surface area contributed by atoms with Gasteiger partial charge in [-0.15, -0.1) is 17.9 Å². The van der Waals surface area contributed by atoms with Crippen LogP contribution in [0.2, 0.25) is 0 Å². The van der Waals surface area contributed by atoms with E-state index < -0.39 is 6.10 Å². The average molecular weight is 414 g/mol. The summed E-state index contributed by atoms with van der Waals surface area (Å²) in [4.78, 5) is 3.91. The Kier molecular flexibility index (Phi) is 6.06. The first-order valence-electron chi connectivity index (χ1n) is 11.2. The van der Waals surface area contributed by atoms with E-state index in [1.807, 2.05) is 11.3 Å². The van der Waals surface area contributed by atoms with Gasteiger partial charge in [-0.25, -0.2) is 0 Å². The molecule has 1 saturated carbocycles. The lowest BCUT2D eigenvalue weighted by atomic mass is 9.77. The molecule has 4 rings (SSSR count). The molecule has 0 radical (unpaired) electrons. The zero-order chi connectivity index (χ0) is 20.6. The normalized spacial score (nSPS) is 27.9. The summed E-state index contributed by atoms with van der Waals surface area (Å²) in [7, 11) is 4.44. The van der Waals surface area contributed by atoms with E-state index in [9.17, 15) is 5.11 Å². The van der Waals surface area contributed by atoms with Gasteiger partial charge in [0.2, 0.25) is 0 Å². The van der Waals surface area contributed by atoms with Crippen LogP contribution in [0.3, 0.4) is 0 Å². The van der Waals surface area contributed by atoms with Gasteiger partial charge in [0.1, 0.15) is 5.75 Å². The molecule has 0 amide bonds. The molecule has 1 heterocycles. The van der Waals surface area contributed by atoms with Crippen molar-refractivity contribution >= 4 is 21.4 Å². The summed E-state index contributed by atoms with van der Waals surface area (Å²) < 4.78 is 7.99. The Morgan fingerprint density at radius 1 is 1.31 bits per heavy atom. The Labute approximate surface area is 179 Å². The highest BCUT2D eigenvalue weighted by Gasteiger charge is 2.37. The average Bonchev–Trinajstić information content (AvgIpc) is 3.28. The molecule has 1 N–H and O–H groups in total. The van der Waals surface area contributed by atoms with E-state index in [4.69, 9.17) is 4.74 Å². The van der Waals surface area contributed by atoms with E-state index in [0.717, 1.165) is 37.9 Å². The van der Waals surface area contributed by atoms with Crippen molar-refractivity contribution < 1.29 is 9.84 Å². The number of aliphatic hydroxyl groups is 1. The minimum atomic E-state index is -0.430. The summed E-state index contributed by atoms with van der Waals surface area (Å²) in [6, 6.07) is 6.51. The fourth-order valence-corrected chi connectivity index (χ4v) is 6.84. The van der Waals surface area contributed by atoms with Gasteiger partial charge in [-0.1, -0.05) is 19.1 Å². The third-order valence-electron chi connectivity index (χ3n) is 7.48. The lowest BCUT2D eigenvalue weighted by Gasteiger charge is -2.44. The van der Waals surface area contributed by atoms with E-state index >= 15 is 0 Å². The Morgan fingerprint density at radius 2 is 2.07 bits per heavy atom. The minimum absolute atomic E-state index is 0.300. The van der Waals surface area contributed by atoms with Gasteiger partial charge in [-0.05, 0) is 89.1 Å². The molecule has 2 aliphatic rings.